The first-order valence-electron chi connectivity index (χ1n) is 11.8. The number of benzene rings is 3. The Bertz CT molecular complexity index is 1570. The van der Waals surface area contributed by atoms with Gasteiger partial charge in [-0.25, -0.2) is 9.67 Å². The van der Waals surface area contributed by atoms with Crippen molar-refractivity contribution in [1.82, 2.24) is 35.8 Å². The largest absolute Gasteiger partial charge is 0.375 e. The van der Waals surface area contributed by atoms with Crippen LogP contribution in [0.2, 0.25) is 5.02 Å². The molecule has 0 aliphatic rings. The molecule has 0 saturated carbocycles. The molecule has 38 heavy (non-hydrogen) atoms. The van der Waals surface area contributed by atoms with Crippen LogP contribution in [0.4, 0.5) is 5.13 Å². The van der Waals surface area contributed by atoms with Gasteiger partial charge in [0, 0.05) is 23.6 Å². The molecular formula is C26H23ClN8O2S. The lowest BCUT2D eigenvalue weighted by atomic mass is 10.0. The normalized spacial score (nSPS) is 11.8. The quantitative estimate of drug-likeness (QED) is 0.258. The van der Waals surface area contributed by atoms with Gasteiger partial charge in [-0.15, -0.1) is 5.10 Å². The molecule has 10 nitrogen and oxygen atoms in total. The molecule has 0 radical (unpaired) electrons. The van der Waals surface area contributed by atoms with Crippen molar-refractivity contribution in [3.05, 3.63) is 94.8 Å². The van der Waals surface area contributed by atoms with E-state index < -0.39 is 6.04 Å². The van der Waals surface area contributed by atoms with E-state index in [0.29, 0.717) is 35.1 Å². The number of hydrogen-bond donors (Lipinski definition) is 3. The van der Waals surface area contributed by atoms with Crippen LogP contribution in [0, 0.1) is 0 Å². The van der Waals surface area contributed by atoms with E-state index in [9.17, 15) is 9.59 Å². The Morgan fingerprint density at radius 1 is 1.08 bits per heavy atom. The molecule has 4 N–H and O–H groups in total. The molecule has 1 atom stereocenters. The number of tetrazole rings is 1. The van der Waals surface area contributed by atoms with E-state index in [4.69, 9.17) is 17.3 Å². The molecule has 12 heteroatoms. The van der Waals surface area contributed by atoms with E-state index in [-0.39, 0.29) is 11.8 Å². The molecule has 0 aliphatic heterocycles. The van der Waals surface area contributed by atoms with Crippen molar-refractivity contribution in [3.63, 3.8) is 0 Å². The summed E-state index contributed by atoms with van der Waals surface area (Å²) in [7, 11) is 0. The van der Waals surface area contributed by atoms with Crippen LogP contribution < -0.4 is 16.4 Å². The Morgan fingerprint density at radius 3 is 2.71 bits per heavy atom. The predicted octanol–water partition coefficient (Wildman–Crippen LogP) is 3.21. The maximum atomic E-state index is 13.3. The van der Waals surface area contributed by atoms with Crippen LogP contribution in [-0.2, 0) is 17.6 Å². The number of aromatic nitrogens is 5. The number of carbonyl (C=O) groups is 2. The second-order valence-electron chi connectivity index (χ2n) is 8.52. The molecule has 0 fully saturated rings. The van der Waals surface area contributed by atoms with Gasteiger partial charge < -0.3 is 16.4 Å². The predicted molar refractivity (Wildman–Crippen MR) is 146 cm³/mol. The van der Waals surface area contributed by atoms with Crippen LogP contribution in [-0.4, -0.2) is 49.6 Å². The number of nitrogens with two attached hydrogens (primary N) is 1. The molecule has 3 aromatic carbocycles. The minimum atomic E-state index is -0.787. The summed E-state index contributed by atoms with van der Waals surface area (Å²) in [6, 6.07) is 19.3. The van der Waals surface area contributed by atoms with Crippen molar-refractivity contribution >= 4 is 50.1 Å². The van der Waals surface area contributed by atoms with Crippen molar-refractivity contribution in [1.29, 1.82) is 0 Å². The number of hydrogen-bond acceptors (Lipinski definition) is 8. The van der Waals surface area contributed by atoms with E-state index in [0.717, 1.165) is 27.0 Å². The number of fused-ring (bicyclic) bond motifs is 1. The van der Waals surface area contributed by atoms with Crippen molar-refractivity contribution in [2.24, 2.45) is 0 Å². The van der Waals surface area contributed by atoms with E-state index in [1.807, 2.05) is 42.5 Å². The topological polar surface area (TPSA) is 141 Å². The zero-order valence-corrected chi connectivity index (χ0v) is 21.6. The fourth-order valence-electron chi connectivity index (χ4n) is 4.08. The number of carbonyl (C=O) groups excluding carboxylic acids is 2. The number of thiazole rings is 1. The third-order valence-corrected chi connectivity index (χ3v) is 6.99. The van der Waals surface area contributed by atoms with Gasteiger partial charge in [0.25, 0.3) is 5.91 Å². The summed E-state index contributed by atoms with van der Waals surface area (Å²) in [6.07, 6.45) is 2.31. The maximum Gasteiger partial charge on any atom is 0.251 e. The molecule has 5 rings (SSSR count). The first-order chi connectivity index (χ1) is 18.5. The zero-order valence-electron chi connectivity index (χ0n) is 20.0. The van der Waals surface area contributed by atoms with E-state index >= 15 is 0 Å². The molecule has 0 aliphatic carbocycles. The molecule has 0 bridgehead atoms. The number of nitrogen functional groups attached to an aromatic ring is 1. The highest BCUT2D eigenvalue weighted by Gasteiger charge is 2.22. The van der Waals surface area contributed by atoms with Crippen LogP contribution in [0.5, 0.6) is 0 Å². The number of amides is 2. The van der Waals surface area contributed by atoms with Crippen molar-refractivity contribution in [3.8, 4) is 5.69 Å². The number of halogens is 1. The van der Waals surface area contributed by atoms with Gasteiger partial charge in [-0.1, -0.05) is 53.3 Å². The average molecular weight is 547 g/mol. The zero-order chi connectivity index (χ0) is 26.5. The van der Waals surface area contributed by atoms with Gasteiger partial charge in [0.05, 0.1) is 15.9 Å². The summed E-state index contributed by atoms with van der Waals surface area (Å²) >= 11 is 7.51. The number of nitrogens with one attached hydrogen (secondary N) is 2. The van der Waals surface area contributed by atoms with Crippen LogP contribution >= 0.6 is 22.9 Å². The fourth-order valence-corrected chi connectivity index (χ4v) is 5.05. The second kappa shape index (κ2) is 11.4. The fraction of sp³-hybridized carbons (Fsp3) is 0.154. The third kappa shape index (κ3) is 5.96. The van der Waals surface area contributed by atoms with Gasteiger partial charge in [-0.3, -0.25) is 9.59 Å². The molecule has 2 aromatic heterocycles. The lowest BCUT2D eigenvalue weighted by molar-refractivity contribution is -0.122. The number of anilines is 1. The molecule has 1 unspecified atom stereocenters. The summed E-state index contributed by atoms with van der Waals surface area (Å²) in [5.41, 5.74) is 9.50. The summed E-state index contributed by atoms with van der Waals surface area (Å²) in [4.78, 5) is 30.6. The minimum Gasteiger partial charge on any atom is -0.375 e. The second-order valence-corrected chi connectivity index (χ2v) is 10.0. The van der Waals surface area contributed by atoms with E-state index in [1.165, 1.54) is 17.7 Å². The number of nitrogens with zero attached hydrogens (tertiary/aromatic N) is 5. The van der Waals surface area contributed by atoms with E-state index in [2.05, 4.69) is 31.1 Å². The molecule has 0 saturated heterocycles. The Labute approximate surface area is 226 Å². The number of rotatable bonds is 9. The van der Waals surface area contributed by atoms with Gasteiger partial charge in [0.2, 0.25) is 5.91 Å². The van der Waals surface area contributed by atoms with Gasteiger partial charge in [-0.05, 0) is 64.4 Å². The van der Waals surface area contributed by atoms with Gasteiger partial charge in [0.15, 0.2) is 5.13 Å². The minimum absolute atomic E-state index is 0.295. The summed E-state index contributed by atoms with van der Waals surface area (Å²) in [6.45, 7) is 0.321. The van der Waals surface area contributed by atoms with Crippen LogP contribution in [0.1, 0.15) is 21.5 Å². The summed E-state index contributed by atoms with van der Waals surface area (Å²) < 4.78 is 2.35. The van der Waals surface area contributed by atoms with Crippen molar-refractivity contribution < 1.29 is 9.59 Å². The highest BCUT2D eigenvalue weighted by molar-refractivity contribution is 7.22. The van der Waals surface area contributed by atoms with E-state index in [1.54, 1.807) is 28.9 Å². The third-order valence-electron chi connectivity index (χ3n) is 5.90. The first-order valence-corrected chi connectivity index (χ1v) is 13.0. The van der Waals surface area contributed by atoms with Crippen LogP contribution in [0.25, 0.3) is 15.9 Å². The standard InChI is InChI=1S/C26H23ClN8O2S/c27-19-7-9-22(35-15-30-33-34-35)17(13-19)10-11-29-25(37)21(12-16-4-2-1-3-5-16)31-24(36)18-6-8-20-23(14-18)38-26(28)32-20/h1-9,13-15,21H,10-12H2,(H2,28,32)(H,29,37)(H,31,36). The lowest BCUT2D eigenvalue weighted by Crippen LogP contribution is -2.48. The summed E-state index contributed by atoms with van der Waals surface area (Å²) in [5.74, 6) is -0.651. The molecule has 2 amide bonds. The SMILES string of the molecule is Nc1nc2ccc(C(=O)NC(Cc3ccccc3)C(=O)NCCc3cc(Cl)ccc3-n3cnnn3)cc2s1. The Kier molecular flexibility index (Phi) is 7.57. The smallest absolute Gasteiger partial charge is 0.251 e. The molecule has 5 aromatic rings. The Hall–Kier alpha value is -4.35. The first kappa shape index (κ1) is 25.3. The summed E-state index contributed by atoms with van der Waals surface area (Å²) in [5, 5.41) is 18.2. The molecular weight excluding hydrogens is 524 g/mol. The Morgan fingerprint density at radius 2 is 1.92 bits per heavy atom. The van der Waals surface area contributed by atoms with Gasteiger partial charge in [-0.2, -0.15) is 0 Å². The molecule has 0 spiro atoms. The lowest BCUT2D eigenvalue weighted by Gasteiger charge is -2.19. The monoisotopic (exact) mass is 546 g/mol. The maximum absolute atomic E-state index is 13.3. The van der Waals surface area contributed by atoms with Crippen molar-refractivity contribution in [2.75, 3.05) is 12.3 Å². The molecule has 192 valence electrons. The molecule has 2 heterocycles. The van der Waals surface area contributed by atoms with Gasteiger partial charge in [0.1, 0.15) is 12.4 Å². The Balaban J connectivity index is 1.30. The average Bonchev–Trinajstić information content (AvgIpc) is 3.57. The highest BCUT2D eigenvalue weighted by atomic mass is 35.5. The van der Waals surface area contributed by atoms with Gasteiger partial charge >= 0.3 is 0 Å². The van der Waals surface area contributed by atoms with Crippen molar-refractivity contribution in [2.45, 2.75) is 18.9 Å². The van der Waals surface area contributed by atoms with Crippen LogP contribution in [0.15, 0.2) is 73.1 Å². The van der Waals surface area contributed by atoms with Crippen LogP contribution in [0.3, 0.4) is 0 Å². The highest BCUT2D eigenvalue weighted by Crippen LogP contribution is 2.24.